The summed E-state index contributed by atoms with van der Waals surface area (Å²) in [6.45, 7) is 4.20. The van der Waals surface area contributed by atoms with Crippen LogP contribution < -0.4 is 0 Å². The normalized spacial score (nSPS) is 10.8. The molecular formula is C13H17ClO3. The molecule has 0 aliphatic heterocycles. The molecule has 1 aromatic carbocycles. The molecule has 1 aromatic rings. The van der Waals surface area contributed by atoms with Crippen LogP contribution in [0.5, 0.6) is 11.5 Å². The van der Waals surface area contributed by atoms with Crippen LogP contribution in [0.25, 0.3) is 0 Å². The molecule has 0 spiro atoms. The second-order valence-corrected chi connectivity index (χ2v) is 4.88. The SMILES string of the molecule is CC(C)CCCC(=O)c1ccc(O)c(O)c1Cl. The molecule has 0 aromatic heterocycles. The van der Waals surface area contributed by atoms with E-state index in [1.54, 1.807) is 0 Å². The maximum Gasteiger partial charge on any atom is 0.177 e. The van der Waals surface area contributed by atoms with Crippen molar-refractivity contribution in [3.63, 3.8) is 0 Å². The summed E-state index contributed by atoms with van der Waals surface area (Å²) in [5, 5.41) is 18.6. The topological polar surface area (TPSA) is 57.5 Å². The van der Waals surface area contributed by atoms with Gasteiger partial charge in [0.25, 0.3) is 0 Å². The third-order valence-electron chi connectivity index (χ3n) is 2.58. The van der Waals surface area contributed by atoms with Crippen LogP contribution in [0.15, 0.2) is 12.1 Å². The zero-order valence-corrected chi connectivity index (χ0v) is 10.8. The molecular weight excluding hydrogens is 240 g/mol. The van der Waals surface area contributed by atoms with Crippen molar-refractivity contribution in [3.8, 4) is 11.5 Å². The molecule has 0 unspecified atom stereocenters. The largest absolute Gasteiger partial charge is 0.504 e. The molecule has 2 N–H and O–H groups in total. The fourth-order valence-electron chi connectivity index (χ4n) is 1.58. The second-order valence-electron chi connectivity index (χ2n) is 4.50. The number of carbonyl (C=O) groups is 1. The minimum atomic E-state index is -0.429. The number of Topliss-reactive ketones (excluding diaryl/α,β-unsaturated/α-hetero) is 1. The molecule has 0 heterocycles. The maximum absolute atomic E-state index is 11.8. The van der Waals surface area contributed by atoms with Crippen molar-refractivity contribution >= 4 is 17.4 Å². The minimum Gasteiger partial charge on any atom is -0.504 e. The first kappa shape index (κ1) is 13.8. The first-order chi connectivity index (χ1) is 7.93. The van der Waals surface area contributed by atoms with E-state index >= 15 is 0 Å². The summed E-state index contributed by atoms with van der Waals surface area (Å²) < 4.78 is 0. The number of aromatic hydroxyl groups is 2. The lowest BCUT2D eigenvalue weighted by atomic mass is 10.0. The lowest BCUT2D eigenvalue weighted by Gasteiger charge is -2.07. The molecule has 0 radical (unpaired) electrons. The lowest BCUT2D eigenvalue weighted by molar-refractivity contribution is 0.0978. The zero-order chi connectivity index (χ0) is 13.0. The van der Waals surface area contributed by atoms with Gasteiger partial charge in [-0.1, -0.05) is 31.9 Å². The minimum absolute atomic E-state index is 0.0699. The van der Waals surface area contributed by atoms with E-state index in [4.69, 9.17) is 11.6 Å². The highest BCUT2D eigenvalue weighted by molar-refractivity contribution is 6.35. The maximum atomic E-state index is 11.8. The van der Waals surface area contributed by atoms with Crippen molar-refractivity contribution in [1.82, 2.24) is 0 Å². The standard InChI is InChI=1S/C13H17ClO3/c1-8(2)4-3-5-10(15)9-6-7-11(16)13(17)12(9)14/h6-8,16-17H,3-5H2,1-2H3. The predicted molar refractivity (Wildman–Crippen MR) is 67.8 cm³/mol. The van der Waals surface area contributed by atoms with Crippen molar-refractivity contribution in [3.05, 3.63) is 22.7 Å². The summed E-state index contributed by atoms with van der Waals surface area (Å²) in [7, 11) is 0. The summed E-state index contributed by atoms with van der Waals surface area (Å²) in [5.41, 5.74) is 0.269. The highest BCUT2D eigenvalue weighted by atomic mass is 35.5. The average molecular weight is 257 g/mol. The highest BCUT2D eigenvalue weighted by Gasteiger charge is 2.15. The fraction of sp³-hybridized carbons (Fsp3) is 0.462. The Morgan fingerprint density at radius 3 is 2.59 bits per heavy atom. The van der Waals surface area contributed by atoms with E-state index in [-0.39, 0.29) is 22.1 Å². The average Bonchev–Trinajstić information content (AvgIpc) is 2.25. The number of hydrogen-bond acceptors (Lipinski definition) is 3. The smallest absolute Gasteiger partial charge is 0.177 e. The number of phenols is 2. The fourth-order valence-corrected chi connectivity index (χ4v) is 1.84. The molecule has 0 amide bonds. The number of phenolic OH excluding ortho intramolecular Hbond substituents is 2. The summed E-state index contributed by atoms with van der Waals surface area (Å²) in [6.07, 6.45) is 2.18. The van der Waals surface area contributed by atoms with E-state index in [2.05, 4.69) is 13.8 Å². The molecule has 0 aliphatic carbocycles. The monoisotopic (exact) mass is 256 g/mol. The molecule has 0 atom stereocenters. The van der Waals surface area contributed by atoms with Gasteiger partial charge >= 0.3 is 0 Å². The van der Waals surface area contributed by atoms with Crippen molar-refractivity contribution in [1.29, 1.82) is 0 Å². The van der Waals surface area contributed by atoms with Gasteiger partial charge in [0.15, 0.2) is 17.3 Å². The highest BCUT2D eigenvalue weighted by Crippen LogP contribution is 2.36. The Kier molecular flexibility index (Phi) is 4.82. The molecule has 94 valence electrons. The van der Waals surface area contributed by atoms with Gasteiger partial charge in [0.1, 0.15) is 0 Å². The number of hydrogen-bond donors (Lipinski definition) is 2. The summed E-state index contributed by atoms with van der Waals surface area (Å²) in [5.74, 6) is -0.285. The number of ketones is 1. The Morgan fingerprint density at radius 1 is 1.35 bits per heavy atom. The first-order valence-electron chi connectivity index (χ1n) is 5.67. The summed E-state index contributed by atoms with van der Waals surface area (Å²) >= 11 is 5.80. The van der Waals surface area contributed by atoms with Crippen LogP contribution in [-0.4, -0.2) is 16.0 Å². The van der Waals surface area contributed by atoms with Gasteiger partial charge in [0, 0.05) is 12.0 Å². The molecule has 17 heavy (non-hydrogen) atoms. The molecule has 4 heteroatoms. The molecule has 0 saturated carbocycles. The zero-order valence-electron chi connectivity index (χ0n) is 10.0. The van der Waals surface area contributed by atoms with Gasteiger partial charge in [-0.3, -0.25) is 4.79 Å². The van der Waals surface area contributed by atoms with Crippen LogP contribution in [0.4, 0.5) is 0 Å². The first-order valence-corrected chi connectivity index (χ1v) is 6.05. The molecule has 0 saturated heterocycles. The van der Waals surface area contributed by atoms with Gasteiger partial charge in [-0.05, 0) is 24.5 Å². The number of carbonyl (C=O) groups excluding carboxylic acids is 1. The third kappa shape index (κ3) is 3.63. The molecule has 1 rings (SSSR count). The molecule has 3 nitrogen and oxygen atoms in total. The Hall–Kier alpha value is -1.22. The predicted octanol–water partition coefficient (Wildman–Crippen LogP) is 3.76. The summed E-state index contributed by atoms with van der Waals surface area (Å²) in [4.78, 5) is 11.8. The quantitative estimate of drug-likeness (QED) is 0.623. The number of benzene rings is 1. The van der Waals surface area contributed by atoms with Crippen LogP contribution >= 0.6 is 11.6 Å². The Balaban J connectivity index is 2.73. The van der Waals surface area contributed by atoms with Gasteiger partial charge in [0.05, 0.1) is 5.02 Å². The molecule has 0 fully saturated rings. The van der Waals surface area contributed by atoms with E-state index in [1.807, 2.05) is 0 Å². The Morgan fingerprint density at radius 2 is 2.00 bits per heavy atom. The van der Waals surface area contributed by atoms with Gasteiger partial charge in [-0.2, -0.15) is 0 Å². The third-order valence-corrected chi connectivity index (χ3v) is 2.96. The molecule has 0 aliphatic rings. The van der Waals surface area contributed by atoms with Crippen molar-refractivity contribution < 1.29 is 15.0 Å². The van der Waals surface area contributed by atoms with Crippen LogP contribution in [0.1, 0.15) is 43.5 Å². The summed E-state index contributed by atoms with van der Waals surface area (Å²) in [6, 6.07) is 2.71. The number of halogens is 1. The number of rotatable bonds is 5. The van der Waals surface area contributed by atoms with E-state index in [0.717, 1.165) is 12.8 Å². The van der Waals surface area contributed by atoms with Crippen LogP contribution in [0.2, 0.25) is 5.02 Å². The van der Waals surface area contributed by atoms with E-state index in [1.165, 1.54) is 12.1 Å². The Bertz CT molecular complexity index is 413. The second kappa shape index (κ2) is 5.92. The Labute approximate surface area is 106 Å². The van der Waals surface area contributed by atoms with E-state index in [9.17, 15) is 15.0 Å². The van der Waals surface area contributed by atoms with E-state index < -0.39 is 5.75 Å². The van der Waals surface area contributed by atoms with Crippen molar-refractivity contribution in [2.45, 2.75) is 33.1 Å². The van der Waals surface area contributed by atoms with Gasteiger partial charge < -0.3 is 10.2 Å². The lowest BCUT2D eigenvalue weighted by Crippen LogP contribution is -2.01. The molecule has 0 bridgehead atoms. The van der Waals surface area contributed by atoms with Crippen molar-refractivity contribution in [2.24, 2.45) is 5.92 Å². The van der Waals surface area contributed by atoms with Crippen molar-refractivity contribution in [2.75, 3.05) is 0 Å². The van der Waals surface area contributed by atoms with Crippen LogP contribution in [-0.2, 0) is 0 Å². The van der Waals surface area contributed by atoms with Crippen LogP contribution in [0, 0.1) is 5.92 Å². The van der Waals surface area contributed by atoms with Gasteiger partial charge in [0.2, 0.25) is 0 Å². The van der Waals surface area contributed by atoms with Crippen LogP contribution in [0.3, 0.4) is 0 Å². The van der Waals surface area contributed by atoms with Gasteiger partial charge in [-0.15, -0.1) is 0 Å². The van der Waals surface area contributed by atoms with Gasteiger partial charge in [-0.25, -0.2) is 0 Å². The van der Waals surface area contributed by atoms with E-state index in [0.29, 0.717) is 12.3 Å².